The van der Waals surface area contributed by atoms with Crippen LogP contribution in [0.4, 0.5) is 0 Å². The van der Waals surface area contributed by atoms with Gasteiger partial charge in [-0.05, 0) is 19.8 Å². The van der Waals surface area contributed by atoms with Gasteiger partial charge in [0.2, 0.25) is 0 Å². The van der Waals surface area contributed by atoms with Crippen LogP contribution in [0, 0.1) is 12.3 Å². The topological polar surface area (TPSA) is 95.8 Å². The van der Waals surface area contributed by atoms with Crippen molar-refractivity contribution in [3.05, 3.63) is 22.7 Å². The van der Waals surface area contributed by atoms with Crippen molar-refractivity contribution in [1.82, 2.24) is 14.9 Å². The highest BCUT2D eigenvalue weighted by Gasteiger charge is 2.56. The van der Waals surface area contributed by atoms with Gasteiger partial charge in [-0.2, -0.15) is 0 Å². The van der Waals surface area contributed by atoms with Crippen LogP contribution in [-0.4, -0.2) is 69.5 Å². The zero-order chi connectivity index (χ0) is 17.3. The maximum Gasteiger partial charge on any atom is 0.274 e. The second kappa shape index (κ2) is 6.92. The standard InChI is InChI=1S/C16H22ClN3O4/c1-10-18-9-11(17)14(19-10)15(23)20-4-2-16(3-5-20)12(22)8-13(16)24-7-6-21/h9,12-13,21-22H,2-8H2,1H3/t12-,13+/m0/s1. The summed E-state index contributed by atoms with van der Waals surface area (Å²) in [6.45, 7) is 3.01. The van der Waals surface area contributed by atoms with Crippen LogP contribution >= 0.6 is 11.6 Å². The number of ether oxygens (including phenoxy) is 1. The Morgan fingerprint density at radius 3 is 2.83 bits per heavy atom. The summed E-state index contributed by atoms with van der Waals surface area (Å²) in [6.07, 6.45) is 2.89. The van der Waals surface area contributed by atoms with Gasteiger partial charge in [-0.1, -0.05) is 11.6 Å². The number of nitrogens with zero attached hydrogens (tertiary/aromatic N) is 3. The number of halogens is 1. The van der Waals surface area contributed by atoms with Crippen LogP contribution in [0.1, 0.15) is 35.6 Å². The van der Waals surface area contributed by atoms with Crippen molar-refractivity contribution in [2.75, 3.05) is 26.3 Å². The average Bonchev–Trinajstić information content (AvgIpc) is 2.60. The minimum Gasteiger partial charge on any atom is -0.394 e. The highest BCUT2D eigenvalue weighted by molar-refractivity contribution is 6.33. The highest BCUT2D eigenvalue weighted by Crippen LogP contribution is 2.51. The number of hydrogen-bond acceptors (Lipinski definition) is 6. The first kappa shape index (κ1) is 17.5. The van der Waals surface area contributed by atoms with Crippen molar-refractivity contribution < 1.29 is 19.7 Å². The number of rotatable bonds is 4. The van der Waals surface area contributed by atoms with Crippen LogP contribution < -0.4 is 0 Å². The molecule has 1 saturated heterocycles. The molecule has 0 unspecified atom stereocenters. The molecule has 8 heteroatoms. The third-order valence-corrected chi connectivity index (χ3v) is 5.48. The van der Waals surface area contributed by atoms with E-state index in [0.717, 1.165) is 0 Å². The van der Waals surface area contributed by atoms with Crippen LogP contribution in [0.2, 0.25) is 5.02 Å². The summed E-state index contributed by atoms with van der Waals surface area (Å²) in [5.41, 5.74) is -0.0838. The first-order valence-corrected chi connectivity index (χ1v) is 8.54. The number of aliphatic hydroxyl groups excluding tert-OH is 2. The summed E-state index contributed by atoms with van der Waals surface area (Å²) in [7, 11) is 0. The molecule has 3 rings (SSSR count). The number of amides is 1. The molecule has 1 aliphatic heterocycles. The second-order valence-corrected chi connectivity index (χ2v) is 6.88. The number of carbonyl (C=O) groups excluding carboxylic acids is 1. The minimum absolute atomic E-state index is 0.0289. The van der Waals surface area contributed by atoms with Gasteiger partial charge in [0.1, 0.15) is 5.82 Å². The molecule has 132 valence electrons. The van der Waals surface area contributed by atoms with Crippen LogP contribution in [0.25, 0.3) is 0 Å². The molecule has 7 nitrogen and oxygen atoms in total. The summed E-state index contributed by atoms with van der Waals surface area (Å²) < 4.78 is 5.65. The van der Waals surface area contributed by atoms with E-state index in [0.29, 0.717) is 38.2 Å². The van der Waals surface area contributed by atoms with E-state index < -0.39 is 6.10 Å². The van der Waals surface area contributed by atoms with Gasteiger partial charge in [-0.3, -0.25) is 4.79 Å². The molecule has 0 bridgehead atoms. The second-order valence-electron chi connectivity index (χ2n) is 6.47. The van der Waals surface area contributed by atoms with Crippen molar-refractivity contribution in [1.29, 1.82) is 0 Å². The molecule has 2 aliphatic rings. The SMILES string of the molecule is Cc1ncc(Cl)c(C(=O)N2CCC3(CC2)[C@@H](O)C[C@H]3OCCO)n1. The molecular weight excluding hydrogens is 334 g/mol. The maximum absolute atomic E-state index is 12.6. The number of aromatic nitrogens is 2. The lowest BCUT2D eigenvalue weighted by Crippen LogP contribution is -2.62. The number of likely N-dealkylation sites (tertiary alicyclic amines) is 1. The predicted octanol–water partition coefficient (Wildman–Crippen LogP) is 0.803. The zero-order valence-electron chi connectivity index (χ0n) is 13.6. The van der Waals surface area contributed by atoms with Gasteiger partial charge in [0.15, 0.2) is 5.69 Å². The van der Waals surface area contributed by atoms with E-state index in [2.05, 4.69) is 9.97 Å². The molecule has 1 aliphatic carbocycles. The largest absolute Gasteiger partial charge is 0.394 e. The molecule has 1 aromatic heterocycles. The van der Waals surface area contributed by atoms with Gasteiger partial charge in [0.05, 0.1) is 36.6 Å². The lowest BCUT2D eigenvalue weighted by molar-refractivity contribution is -0.211. The lowest BCUT2D eigenvalue weighted by Gasteiger charge is -2.56. The van der Waals surface area contributed by atoms with Gasteiger partial charge in [0, 0.05) is 24.9 Å². The average molecular weight is 356 g/mol. The first-order chi connectivity index (χ1) is 11.5. The Morgan fingerprint density at radius 2 is 2.21 bits per heavy atom. The fourth-order valence-corrected chi connectivity index (χ4v) is 3.86. The first-order valence-electron chi connectivity index (χ1n) is 8.17. The quantitative estimate of drug-likeness (QED) is 0.829. The van der Waals surface area contributed by atoms with Crippen LogP contribution in [-0.2, 0) is 4.74 Å². The fourth-order valence-electron chi connectivity index (χ4n) is 3.69. The number of aliphatic hydroxyl groups is 2. The molecule has 2 N–H and O–H groups in total. The number of piperidine rings is 1. The fraction of sp³-hybridized carbons (Fsp3) is 0.688. The molecule has 1 aromatic rings. The van der Waals surface area contributed by atoms with Crippen molar-refractivity contribution in [3.8, 4) is 0 Å². The van der Waals surface area contributed by atoms with Crippen molar-refractivity contribution in [2.24, 2.45) is 5.41 Å². The zero-order valence-corrected chi connectivity index (χ0v) is 14.4. The molecule has 1 spiro atoms. The Hall–Kier alpha value is -1.28. The molecule has 0 aromatic carbocycles. The third-order valence-electron chi connectivity index (χ3n) is 5.20. The summed E-state index contributed by atoms with van der Waals surface area (Å²) in [4.78, 5) is 22.5. The molecule has 2 heterocycles. The molecular formula is C16H22ClN3O4. The summed E-state index contributed by atoms with van der Waals surface area (Å²) in [6, 6.07) is 0. The normalized spacial score (nSPS) is 25.6. The van der Waals surface area contributed by atoms with E-state index in [1.807, 2.05) is 0 Å². The number of aryl methyl sites for hydroxylation is 1. The van der Waals surface area contributed by atoms with Crippen LogP contribution in [0.15, 0.2) is 6.20 Å². The van der Waals surface area contributed by atoms with Crippen molar-refractivity contribution in [3.63, 3.8) is 0 Å². The van der Waals surface area contributed by atoms with E-state index in [9.17, 15) is 9.90 Å². The van der Waals surface area contributed by atoms with E-state index in [-0.39, 0.29) is 41.4 Å². The smallest absolute Gasteiger partial charge is 0.274 e. The molecule has 0 radical (unpaired) electrons. The molecule has 2 atom stereocenters. The van der Waals surface area contributed by atoms with Gasteiger partial charge in [-0.25, -0.2) is 9.97 Å². The number of hydrogen-bond donors (Lipinski definition) is 2. The Morgan fingerprint density at radius 1 is 1.50 bits per heavy atom. The number of carbonyl (C=O) groups is 1. The summed E-state index contributed by atoms with van der Waals surface area (Å²) in [5, 5.41) is 19.4. The van der Waals surface area contributed by atoms with Gasteiger partial charge in [0.25, 0.3) is 5.91 Å². The third kappa shape index (κ3) is 3.01. The summed E-state index contributed by atoms with van der Waals surface area (Å²) in [5.74, 6) is 0.296. The van der Waals surface area contributed by atoms with Gasteiger partial charge >= 0.3 is 0 Å². The Bertz CT molecular complexity index is 619. The van der Waals surface area contributed by atoms with E-state index in [4.69, 9.17) is 21.4 Å². The van der Waals surface area contributed by atoms with Crippen LogP contribution in [0.5, 0.6) is 0 Å². The predicted molar refractivity (Wildman–Crippen MR) is 86.8 cm³/mol. The summed E-state index contributed by atoms with van der Waals surface area (Å²) >= 11 is 6.05. The molecule has 2 fully saturated rings. The van der Waals surface area contributed by atoms with E-state index >= 15 is 0 Å². The Balaban J connectivity index is 1.66. The van der Waals surface area contributed by atoms with Gasteiger partial charge < -0.3 is 19.8 Å². The van der Waals surface area contributed by atoms with Crippen molar-refractivity contribution in [2.45, 2.75) is 38.4 Å². The lowest BCUT2D eigenvalue weighted by atomic mass is 9.58. The minimum atomic E-state index is -0.414. The van der Waals surface area contributed by atoms with Crippen LogP contribution in [0.3, 0.4) is 0 Å². The van der Waals surface area contributed by atoms with E-state index in [1.54, 1.807) is 11.8 Å². The van der Waals surface area contributed by atoms with Crippen molar-refractivity contribution >= 4 is 17.5 Å². The monoisotopic (exact) mass is 355 g/mol. The maximum atomic E-state index is 12.6. The Kier molecular flexibility index (Phi) is 5.05. The Labute approximate surface area is 145 Å². The molecule has 1 saturated carbocycles. The molecule has 1 amide bonds. The highest BCUT2D eigenvalue weighted by atomic mass is 35.5. The van der Waals surface area contributed by atoms with E-state index in [1.165, 1.54) is 6.20 Å². The van der Waals surface area contributed by atoms with Gasteiger partial charge in [-0.15, -0.1) is 0 Å². The molecule has 24 heavy (non-hydrogen) atoms.